The minimum absolute atomic E-state index is 0.0764. The Balaban J connectivity index is 0. The van der Waals surface area contributed by atoms with E-state index in [1.807, 2.05) is 0 Å². The van der Waals surface area contributed by atoms with Gasteiger partial charge >= 0.3 is 7.32 Å². The molecule has 1 aromatic carbocycles. The van der Waals surface area contributed by atoms with Gasteiger partial charge in [0.15, 0.2) is 11.5 Å². The van der Waals surface area contributed by atoms with E-state index in [0.717, 1.165) is 0 Å². The molecular weight excluding hydrogens is 241 g/mol. The molecule has 0 saturated carbocycles. The predicted molar refractivity (Wildman–Crippen MR) is 67.9 cm³/mol. The normalized spacial score (nSPS) is 8.50. The van der Waals surface area contributed by atoms with Crippen LogP contribution in [0.3, 0.4) is 0 Å². The first-order chi connectivity index (χ1) is 8.53. The number of phenolic OH excluding ortho intramolecular Hbond substituents is 2. The second-order valence-electron chi connectivity index (χ2n) is 2.78. The standard InChI is InChI=1S/C6H6O2.C2H7BO3.C2H7NO/c7-5-3-1-2-4-6(5)8;1-5-3(4)6-2;3-1-2-4/h1-4,7-8H;4H,1-2H3;4H,1-3H2. The molecule has 0 radical (unpaired) electrons. The van der Waals surface area contributed by atoms with E-state index in [0.29, 0.717) is 6.54 Å². The maximum Gasteiger partial charge on any atom is 0.636 e. The third-order valence-electron chi connectivity index (χ3n) is 1.41. The van der Waals surface area contributed by atoms with Gasteiger partial charge in [-0.15, -0.1) is 0 Å². The van der Waals surface area contributed by atoms with Crippen molar-refractivity contribution < 1.29 is 29.7 Å². The average molecular weight is 261 g/mol. The summed E-state index contributed by atoms with van der Waals surface area (Å²) < 4.78 is 8.47. The van der Waals surface area contributed by atoms with Crippen molar-refractivity contribution in [2.75, 3.05) is 27.4 Å². The van der Waals surface area contributed by atoms with E-state index in [4.69, 9.17) is 26.1 Å². The first kappa shape index (κ1) is 19.0. The highest BCUT2D eigenvalue weighted by Gasteiger charge is 2.06. The van der Waals surface area contributed by atoms with Crippen LogP contribution in [0.15, 0.2) is 24.3 Å². The van der Waals surface area contributed by atoms with Crippen molar-refractivity contribution in [1.29, 1.82) is 0 Å². The Morgan fingerprint density at radius 3 is 1.56 bits per heavy atom. The highest BCUT2D eigenvalue weighted by molar-refractivity contribution is 6.34. The molecule has 1 rings (SSSR count). The molecule has 7 nitrogen and oxygen atoms in total. The molecule has 0 aliphatic heterocycles. The fourth-order valence-electron chi connectivity index (χ4n) is 0.560. The lowest BCUT2D eigenvalue weighted by molar-refractivity contribution is 0.193. The van der Waals surface area contributed by atoms with Crippen molar-refractivity contribution in [2.45, 2.75) is 0 Å². The van der Waals surface area contributed by atoms with Crippen LogP contribution in [0.4, 0.5) is 0 Å². The number of rotatable bonds is 3. The molecule has 0 amide bonds. The number of nitrogens with two attached hydrogens (primary N) is 1. The molecule has 1 aromatic rings. The van der Waals surface area contributed by atoms with E-state index in [-0.39, 0.29) is 18.1 Å². The van der Waals surface area contributed by atoms with Gasteiger partial charge in [-0.05, 0) is 12.1 Å². The van der Waals surface area contributed by atoms with Gasteiger partial charge in [0.2, 0.25) is 0 Å². The van der Waals surface area contributed by atoms with Crippen LogP contribution in [0.25, 0.3) is 0 Å². The zero-order chi connectivity index (χ0) is 14.4. The summed E-state index contributed by atoms with van der Waals surface area (Å²) in [6.07, 6.45) is 0. The molecule has 0 saturated heterocycles. The largest absolute Gasteiger partial charge is 0.636 e. The number of hydrogen-bond donors (Lipinski definition) is 5. The van der Waals surface area contributed by atoms with Gasteiger partial charge in [-0.25, -0.2) is 0 Å². The average Bonchev–Trinajstić information content (AvgIpc) is 2.42. The molecule has 0 aliphatic rings. The van der Waals surface area contributed by atoms with Crippen LogP contribution in [0.1, 0.15) is 0 Å². The van der Waals surface area contributed by atoms with Crippen molar-refractivity contribution in [2.24, 2.45) is 5.73 Å². The first-order valence-corrected chi connectivity index (χ1v) is 5.05. The van der Waals surface area contributed by atoms with Crippen LogP contribution in [0.2, 0.25) is 0 Å². The molecule has 104 valence electrons. The van der Waals surface area contributed by atoms with Crippen LogP contribution in [0.5, 0.6) is 11.5 Å². The molecular formula is C10H20BNO6. The number of aliphatic hydroxyl groups excluding tert-OH is 1. The van der Waals surface area contributed by atoms with Crippen LogP contribution < -0.4 is 5.73 Å². The highest BCUT2D eigenvalue weighted by Crippen LogP contribution is 2.21. The molecule has 0 bridgehead atoms. The third-order valence-corrected chi connectivity index (χ3v) is 1.41. The topological polar surface area (TPSA) is 125 Å². The maximum atomic E-state index is 8.67. The number of aliphatic hydroxyl groups is 1. The van der Waals surface area contributed by atoms with Crippen LogP contribution in [-0.4, -0.2) is 55.0 Å². The fraction of sp³-hybridized carbons (Fsp3) is 0.400. The van der Waals surface area contributed by atoms with Crippen LogP contribution in [0, 0.1) is 0 Å². The van der Waals surface area contributed by atoms with E-state index >= 15 is 0 Å². The van der Waals surface area contributed by atoms with Gasteiger partial charge in [0.25, 0.3) is 0 Å². The van der Waals surface area contributed by atoms with E-state index in [9.17, 15) is 0 Å². The summed E-state index contributed by atoms with van der Waals surface area (Å²) >= 11 is 0. The monoisotopic (exact) mass is 261 g/mol. The van der Waals surface area contributed by atoms with Crippen molar-refractivity contribution in [3.8, 4) is 11.5 Å². The Hall–Kier alpha value is -1.32. The Morgan fingerprint density at radius 2 is 1.44 bits per heavy atom. The summed E-state index contributed by atoms with van der Waals surface area (Å²) in [6.45, 7) is 0.472. The summed E-state index contributed by atoms with van der Waals surface area (Å²) in [5, 5.41) is 33.3. The van der Waals surface area contributed by atoms with Crippen LogP contribution >= 0.6 is 0 Å². The summed E-state index contributed by atoms with van der Waals surface area (Å²) in [5.41, 5.74) is 4.78. The number of para-hydroxylation sites is 2. The highest BCUT2D eigenvalue weighted by atomic mass is 16.7. The number of benzene rings is 1. The van der Waals surface area contributed by atoms with Crippen molar-refractivity contribution >= 4 is 7.32 Å². The van der Waals surface area contributed by atoms with Crippen molar-refractivity contribution in [1.82, 2.24) is 0 Å². The molecule has 0 unspecified atom stereocenters. The fourth-order valence-corrected chi connectivity index (χ4v) is 0.560. The lowest BCUT2D eigenvalue weighted by Gasteiger charge is -1.94. The van der Waals surface area contributed by atoms with Gasteiger partial charge < -0.3 is 35.4 Å². The van der Waals surface area contributed by atoms with E-state index in [1.54, 1.807) is 12.1 Å². The Labute approximate surface area is 107 Å². The molecule has 0 atom stereocenters. The van der Waals surface area contributed by atoms with E-state index in [1.165, 1.54) is 26.4 Å². The summed E-state index contributed by atoms with van der Waals surface area (Å²) in [6, 6.07) is 6.15. The molecule has 6 N–H and O–H groups in total. The molecule has 0 fully saturated rings. The Morgan fingerprint density at radius 1 is 1.11 bits per heavy atom. The quantitative estimate of drug-likeness (QED) is 0.359. The second-order valence-corrected chi connectivity index (χ2v) is 2.78. The molecule has 18 heavy (non-hydrogen) atoms. The minimum atomic E-state index is -1.06. The first-order valence-electron chi connectivity index (χ1n) is 5.05. The smallest absolute Gasteiger partial charge is 0.504 e. The third kappa shape index (κ3) is 12.8. The Bertz CT molecular complexity index is 262. The number of aromatic hydroxyl groups is 2. The lowest BCUT2D eigenvalue weighted by atomic mass is 10.3. The molecule has 0 aromatic heterocycles. The summed E-state index contributed by atoms with van der Waals surface area (Å²) in [5.74, 6) is -0.153. The number of hydrogen-bond acceptors (Lipinski definition) is 7. The zero-order valence-corrected chi connectivity index (χ0v) is 10.5. The second kappa shape index (κ2) is 13.7. The Kier molecular flexibility index (Phi) is 14.5. The minimum Gasteiger partial charge on any atom is -0.504 e. The van der Waals surface area contributed by atoms with Gasteiger partial charge in [0, 0.05) is 20.8 Å². The molecule has 8 heteroatoms. The molecule has 0 aliphatic carbocycles. The maximum absolute atomic E-state index is 8.67. The predicted octanol–water partition coefficient (Wildman–Crippen LogP) is -0.708. The zero-order valence-electron chi connectivity index (χ0n) is 10.5. The van der Waals surface area contributed by atoms with E-state index in [2.05, 4.69) is 9.31 Å². The van der Waals surface area contributed by atoms with Gasteiger partial charge in [0.05, 0.1) is 6.61 Å². The number of phenols is 2. The van der Waals surface area contributed by atoms with Gasteiger partial charge in [-0.2, -0.15) is 0 Å². The van der Waals surface area contributed by atoms with Gasteiger partial charge in [0.1, 0.15) is 0 Å². The summed E-state index contributed by atoms with van der Waals surface area (Å²) in [7, 11) is 1.65. The van der Waals surface area contributed by atoms with Crippen LogP contribution in [-0.2, 0) is 9.31 Å². The van der Waals surface area contributed by atoms with Gasteiger partial charge in [-0.3, -0.25) is 0 Å². The van der Waals surface area contributed by atoms with Crippen molar-refractivity contribution in [3.63, 3.8) is 0 Å². The molecule has 0 heterocycles. The SMILES string of the molecule is COB(O)OC.NCCO.Oc1ccccc1O. The van der Waals surface area contributed by atoms with E-state index < -0.39 is 7.32 Å². The van der Waals surface area contributed by atoms with Crippen molar-refractivity contribution in [3.05, 3.63) is 24.3 Å². The molecule has 0 spiro atoms. The summed E-state index contributed by atoms with van der Waals surface area (Å²) in [4.78, 5) is 0. The lowest BCUT2D eigenvalue weighted by Crippen LogP contribution is -2.17. The van der Waals surface area contributed by atoms with Gasteiger partial charge in [-0.1, -0.05) is 12.1 Å².